The summed E-state index contributed by atoms with van der Waals surface area (Å²) in [5.74, 6) is 1.22. The summed E-state index contributed by atoms with van der Waals surface area (Å²) in [5.41, 5.74) is 2.01. The third-order valence-corrected chi connectivity index (χ3v) is 5.47. The highest BCUT2D eigenvalue weighted by atomic mass is 32.2. The highest BCUT2D eigenvalue weighted by Gasteiger charge is 2.28. The topological polar surface area (TPSA) is 54.3 Å². The maximum Gasteiger partial charge on any atom is 0.239 e. The van der Waals surface area contributed by atoms with Gasteiger partial charge < -0.3 is 4.74 Å². The molecule has 1 amide bonds. The first kappa shape index (κ1) is 18.3. The van der Waals surface area contributed by atoms with E-state index in [1.54, 1.807) is 18.2 Å². The molecule has 1 saturated heterocycles. The Balaban J connectivity index is 1.53. The van der Waals surface area contributed by atoms with Gasteiger partial charge in [-0.2, -0.15) is 5.10 Å². The average molecular weight is 389 g/mol. The molecule has 3 aromatic carbocycles. The van der Waals surface area contributed by atoms with Crippen LogP contribution in [-0.2, 0) is 11.3 Å². The molecule has 1 fully saturated rings. The third-order valence-electron chi connectivity index (χ3n) is 4.52. The lowest BCUT2D eigenvalue weighted by Crippen LogP contribution is -2.28. The molecular formula is C22H19N3O2S. The Bertz CT molecular complexity index is 1060. The number of nitrogens with zero attached hydrogens (tertiary/aromatic N) is 3. The number of fused-ring (bicyclic) bond motifs is 1. The Kier molecular flexibility index (Phi) is 5.39. The Morgan fingerprint density at radius 2 is 1.86 bits per heavy atom. The van der Waals surface area contributed by atoms with Crippen molar-refractivity contribution < 1.29 is 9.53 Å². The van der Waals surface area contributed by atoms with E-state index in [4.69, 9.17) is 4.74 Å². The number of ether oxygens (including phenoxy) is 1. The maximum atomic E-state index is 12.3. The number of hydrogen-bond donors (Lipinski definition) is 0. The number of amides is 1. The fourth-order valence-electron chi connectivity index (χ4n) is 3.04. The fraction of sp³-hybridized carbons (Fsp3) is 0.136. The van der Waals surface area contributed by atoms with Crippen molar-refractivity contribution in [3.63, 3.8) is 0 Å². The van der Waals surface area contributed by atoms with Gasteiger partial charge >= 0.3 is 0 Å². The first-order chi connectivity index (χ1) is 13.7. The lowest BCUT2D eigenvalue weighted by atomic mass is 10.1. The largest absolute Gasteiger partial charge is 0.497 e. The predicted molar refractivity (Wildman–Crippen MR) is 115 cm³/mol. The molecule has 0 spiro atoms. The van der Waals surface area contributed by atoms with Gasteiger partial charge in [-0.25, -0.2) is 0 Å². The van der Waals surface area contributed by atoms with Crippen molar-refractivity contribution in [3.8, 4) is 5.75 Å². The van der Waals surface area contributed by atoms with E-state index >= 15 is 0 Å². The standard InChI is InChI=1S/C22H19N3O2S/c1-27-19-11-9-16(10-12-19)14-25-21(26)15-28-22(25)24-23-13-18-7-4-6-17-5-2-3-8-20(17)18/h2-13H,14-15H2,1H3/b23-13+,24-22+. The average Bonchev–Trinajstić information content (AvgIpc) is 3.08. The van der Waals surface area contributed by atoms with Crippen LogP contribution in [0.4, 0.5) is 0 Å². The van der Waals surface area contributed by atoms with E-state index in [-0.39, 0.29) is 5.91 Å². The van der Waals surface area contributed by atoms with E-state index in [1.807, 2.05) is 48.5 Å². The van der Waals surface area contributed by atoms with E-state index in [0.717, 1.165) is 27.6 Å². The molecule has 3 aromatic rings. The molecule has 1 aliphatic rings. The molecule has 0 bridgehead atoms. The van der Waals surface area contributed by atoms with E-state index in [1.165, 1.54) is 11.8 Å². The van der Waals surface area contributed by atoms with Crippen LogP contribution >= 0.6 is 11.8 Å². The zero-order valence-corrected chi connectivity index (χ0v) is 16.2. The quantitative estimate of drug-likeness (QED) is 0.483. The van der Waals surface area contributed by atoms with Crippen molar-refractivity contribution in [3.05, 3.63) is 77.9 Å². The van der Waals surface area contributed by atoms with Crippen LogP contribution in [0.15, 0.2) is 76.9 Å². The van der Waals surface area contributed by atoms with Gasteiger partial charge in [-0.05, 0) is 28.5 Å². The van der Waals surface area contributed by atoms with E-state index in [0.29, 0.717) is 17.5 Å². The number of amidine groups is 1. The summed E-state index contributed by atoms with van der Waals surface area (Å²) in [6.45, 7) is 0.471. The van der Waals surface area contributed by atoms with Gasteiger partial charge in [0.05, 0.1) is 25.6 Å². The summed E-state index contributed by atoms with van der Waals surface area (Å²) >= 11 is 1.41. The molecular weight excluding hydrogens is 370 g/mol. The van der Waals surface area contributed by atoms with Gasteiger partial charge in [0.25, 0.3) is 0 Å². The predicted octanol–water partition coefficient (Wildman–Crippen LogP) is 4.31. The van der Waals surface area contributed by atoms with Gasteiger partial charge in [-0.3, -0.25) is 9.69 Å². The number of rotatable bonds is 5. The van der Waals surface area contributed by atoms with Crippen molar-refractivity contribution >= 4 is 39.8 Å². The molecule has 1 heterocycles. The second-order valence-electron chi connectivity index (χ2n) is 6.31. The monoisotopic (exact) mass is 389 g/mol. The highest BCUT2D eigenvalue weighted by Crippen LogP contribution is 2.23. The van der Waals surface area contributed by atoms with Crippen molar-refractivity contribution in [1.82, 2.24) is 4.90 Å². The van der Waals surface area contributed by atoms with Crippen LogP contribution in [0.3, 0.4) is 0 Å². The molecule has 1 aliphatic heterocycles. The molecule has 0 aliphatic carbocycles. The van der Waals surface area contributed by atoms with E-state index < -0.39 is 0 Å². The normalized spacial score (nSPS) is 15.8. The lowest BCUT2D eigenvalue weighted by molar-refractivity contribution is -0.124. The van der Waals surface area contributed by atoms with Crippen LogP contribution in [0, 0.1) is 0 Å². The van der Waals surface area contributed by atoms with Crippen molar-refractivity contribution in [2.24, 2.45) is 10.2 Å². The first-order valence-electron chi connectivity index (χ1n) is 8.89. The molecule has 0 unspecified atom stereocenters. The smallest absolute Gasteiger partial charge is 0.239 e. The molecule has 0 N–H and O–H groups in total. The summed E-state index contributed by atoms with van der Waals surface area (Å²) in [6, 6.07) is 21.9. The van der Waals surface area contributed by atoms with Gasteiger partial charge in [-0.1, -0.05) is 66.4 Å². The summed E-state index contributed by atoms with van der Waals surface area (Å²) in [6.07, 6.45) is 1.74. The number of methoxy groups -OCH3 is 1. The van der Waals surface area contributed by atoms with Crippen molar-refractivity contribution in [2.75, 3.05) is 12.9 Å². The summed E-state index contributed by atoms with van der Waals surface area (Å²) in [5, 5.41) is 11.5. The molecule has 0 atom stereocenters. The number of hydrogen-bond acceptors (Lipinski definition) is 5. The number of thioether (sulfide) groups is 1. The Morgan fingerprint density at radius 1 is 1.07 bits per heavy atom. The molecule has 4 rings (SSSR count). The Labute approximate surface area is 167 Å². The van der Waals surface area contributed by atoms with Crippen LogP contribution in [0.2, 0.25) is 0 Å². The van der Waals surface area contributed by atoms with Crippen LogP contribution in [0.25, 0.3) is 10.8 Å². The van der Waals surface area contributed by atoms with Crippen LogP contribution in [-0.4, -0.2) is 35.1 Å². The van der Waals surface area contributed by atoms with Gasteiger partial charge in [0.2, 0.25) is 5.91 Å². The lowest BCUT2D eigenvalue weighted by Gasteiger charge is -2.15. The zero-order valence-electron chi connectivity index (χ0n) is 15.4. The summed E-state index contributed by atoms with van der Waals surface area (Å²) in [7, 11) is 1.63. The van der Waals surface area contributed by atoms with Crippen LogP contribution in [0.1, 0.15) is 11.1 Å². The minimum Gasteiger partial charge on any atom is -0.497 e. The second-order valence-corrected chi connectivity index (χ2v) is 7.25. The van der Waals surface area contributed by atoms with E-state index in [9.17, 15) is 4.79 Å². The SMILES string of the molecule is COc1ccc(CN2C(=O)CS/C2=N/N=C/c2cccc3ccccc23)cc1. The molecule has 140 valence electrons. The van der Waals surface area contributed by atoms with Crippen LogP contribution in [0.5, 0.6) is 5.75 Å². The molecule has 0 radical (unpaired) electrons. The summed E-state index contributed by atoms with van der Waals surface area (Å²) in [4.78, 5) is 13.9. The molecule has 6 heteroatoms. The minimum absolute atomic E-state index is 0.0416. The number of benzene rings is 3. The molecule has 0 saturated carbocycles. The highest BCUT2D eigenvalue weighted by molar-refractivity contribution is 8.15. The Morgan fingerprint density at radius 3 is 2.68 bits per heavy atom. The van der Waals surface area contributed by atoms with Gasteiger partial charge in [0.1, 0.15) is 5.75 Å². The molecule has 0 aromatic heterocycles. The zero-order chi connectivity index (χ0) is 19.3. The first-order valence-corrected chi connectivity index (χ1v) is 9.88. The fourth-order valence-corrected chi connectivity index (χ4v) is 3.88. The van der Waals surface area contributed by atoms with Gasteiger partial charge in [-0.15, -0.1) is 5.10 Å². The van der Waals surface area contributed by atoms with Crippen LogP contribution < -0.4 is 4.74 Å². The van der Waals surface area contributed by atoms with Gasteiger partial charge in [0.15, 0.2) is 5.17 Å². The molecule has 28 heavy (non-hydrogen) atoms. The van der Waals surface area contributed by atoms with Crippen molar-refractivity contribution in [2.45, 2.75) is 6.54 Å². The minimum atomic E-state index is 0.0416. The number of carbonyl (C=O) groups excluding carboxylic acids is 1. The Hall–Kier alpha value is -3.12. The maximum absolute atomic E-state index is 12.3. The van der Waals surface area contributed by atoms with E-state index in [2.05, 4.69) is 28.4 Å². The van der Waals surface area contributed by atoms with Crippen molar-refractivity contribution in [1.29, 1.82) is 0 Å². The summed E-state index contributed by atoms with van der Waals surface area (Å²) < 4.78 is 5.18. The molecule has 5 nitrogen and oxygen atoms in total. The second kappa shape index (κ2) is 8.27. The third kappa shape index (κ3) is 3.92. The number of carbonyl (C=O) groups is 1. The van der Waals surface area contributed by atoms with Gasteiger partial charge in [0, 0.05) is 5.56 Å².